The lowest BCUT2D eigenvalue weighted by Crippen LogP contribution is -2.32. The van der Waals surface area contributed by atoms with E-state index < -0.39 is 16.6 Å². The van der Waals surface area contributed by atoms with Crippen LogP contribution in [0, 0.1) is 10.1 Å². The van der Waals surface area contributed by atoms with Gasteiger partial charge in [0.2, 0.25) is 0 Å². The number of carbonyl (C=O) groups excluding carboxylic acids is 1. The fourth-order valence-electron chi connectivity index (χ4n) is 2.30. The maximum atomic E-state index is 11.7. The van der Waals surface area contributed by atoms with Gasteiger partial charge in [-0.15, -0.1) is 0 Å². The van der Waals surface area contributed by atoms with Gasteiger partial charge in [0.1, 0.15) is 11.3 Å². The molecule has 1 amide bonds. The molecule has 2 aromatic carbocycles. The van der Waals surface area contributed by atoms with Gasteiger partial charge in [-0.3, -0.25) is 10.1 Å². The summed E-state index contributed by atoms with van der Waals surface area (Å²) in [6.45, 7) is 5.65. The standard InChI is InChI=1S/C18H21N3O4/c1-18(2,3)25-17(22)20-11-12-6-4-7-13(10-12)14-8-5-9-15(16(14)19)21(23)24/h4-10H,11,19H2,1-3H3,(H,20,22). The zero-order chi connectivity index (χ0) is 18.6. The van der Waals surface area contributed by atoms with E-state index in [1.165, 1.54) is 6.07 Å². The molecule has 0 aliphatic carbocycles. The fourth-order valence-corrected chi connectivity index (χ4v) is 2.30. The van der Waals surface area contributed by atoms with Crippen LogP contribution in [0.4, 0.5) is 16.2 Å². The summed E-state index contributed by atoms with van der Waals surface area (Å²) in [5, 5.41) is 13.7. The van der Waals surface area contributed by atoms with Crippen molar-refractivity contribution in [2.75, 3.05) is 5.73 Å². The van der Waals surface area contributed by atoms with Gasteiger partial charge in [0.15, 0.2) is 0 Å². The van der Waals surface area contributed by atoms with Gasteiger partial charge in [-0.05, 0) is 38.0 Å². The van der Waals surface area contributed by atoms with Gasteiger partial charge < -0.3 is 15.8 Å². The summed E-state index contributed by atoms with van der Waals surface area (Å²) in [6.07, 6.45) is -0.507. The summed E-state index contributed by atoms with van der Waals surface area (Å²) in [4.78, 5) is 22.3. The highest BCUT2D eigenvalue weighted by molar-refractivity contribution is 5.82. The van der Waals surface area contributed by atoms with Crippen LogP contribution in [0.15, 0.2) is 42.5 Å². The van der Waals surface area contributed by atoms with Crippen LogP contribution < -0.4 is 11.1 Å². The van der Waals surface area contributed by atoms with Gasteiger partial charge in [0, 0.05) is 18.2 Å². The number of hydrogen-bond donors (Lipinski definition) is 2. The molecule has 2 aromatic rings. The van der Waals surface area contributed by atoms with Gasteiger partial charge in [0.25, 0.3) is 5.69 Å². The maximum Gasteiger partial charge on any atom is 0.407 e. The molecule has 0 spiro atoms. The summed E-state index contributed by atoms with van der Waals surface area (Å²) < 4.78 is 5.19. The smallest absolute Gasteiger partial charge is 0.407 e. The third-order valence-electron chi connectivity index (χ3n) is 3.35. The van der Waals surface area contributed by atoms with Crippen LogP contribution in [-0.4, -0.2) is 16.6 Å². The summed E-state index contributed by atoms with van der Waals surface area (Å²) in [6, 6.07) is 12.0. The molecular formula is C18H21N3O4. The Hall–Kier alpha value is -3.09. The SMILES string of the molecule is CC(C)(C)OC(=O)NCc1cccc(-c2cccc([N+](=O)[O-])c2N)c1. The highest BCUT2D eigenvalue weighted by atomic mass is 16.6. The molecule has 0 saturated carbocycles. The van der Waals surface area contributed by atoms with E-state index >= 15 is 0 Å². The Labute approximate surface area is 145 Å². The molecule has 0 aliphatic rings. The minimum atomic E-state index is -0.566. The van der Waals surface area contributed by atoms with Crippen molar-refractivity contribution in [2.45, 2.75) is 32.9 Å². The van der Waals surface area contributed by atoms with Crippen molar-refractivity contribution >= 4 is 17.5 Å². The monoisotopic (exact) mass is 343 g/mol. The molecule has 0 fully saturated rings. The molecule has 0 radical (unpaired) electrons. The van der Waals surface area contributed by atoms with E-state index in [1.807, 2.05) is 18.2 Å². The highest BCUT2D eigenvalue weighted by Crippen LogP contribution is 2.33. The van der Waals surface area contributed by atoms with Crippen LogP contribution in [0.5, 0.6) is 0 Å². The number of hydrogen-bond acceptors (Lipinski definition) is 5. The molecule has 2 rings (SSSR count). The third kappa shape index (κ3) is 4.94. The number of rotatable bonds is 4. The van der Waals surface area contributed by atoms with E-state index in [0.717, 1.165) is 11.1 Å². The second kappa shape index (κ2) is 7.21. The van der Waals surface area contributed by atoms with Crippen molar-refractivity contribution in [1.29, 1.82) is 0 Å². The zero-order valence-electron chi connectivity index (χ0n) is 14.4. The summed E-state index contributed by atoms with van der Waals surface area (Å²) in [5.41, 5.74) is 7.49. The Morgan fingerprint density at radius 2 is 1.92 bits per heavy atom. The maximum absolute atomic E-state index is 11.7. The number of alkyl carbamates (subject to hydrolysis) is 1. The van der Waals surface area contributed by atoms with Crippen molar-refractivity contribution in [3.63, 3.8) is 0 Å². The molecular weight excluding hydrogens is 322 g/mol. The van der Waals surface area contributed by atoms with Gasteiger partial charge in [-0.2, -0.15) is 0 Å². The Kier molecular flexibility index (Phi) is 5.26. The highest BCUT2D eigenvalue weighted by Gasteiger charge is 2.17. The first-order chi connectivity index (χ1) is 11.7. The average Bonchev–Trinajstić information content (AvgIpc) is 2.51. The average molecular weight is 343 g/mol. The first-order valence-corrected chi connectivity index (χ1v) is 7.76. The van der Waals surface area contributed by atoms with E-state index in [0.29, 0.717) is 5.56 Å². The lowest BCUT2D eigenvalue weighted by atomic mass is 10.0. The quantitative estimate of drug-likeness (QED) is 0.498. The largest absolute Gasteiger partial charge is 0.444 e. The topological polar surface area (TPSA) is 107 Å². The summed E-state index contributed by atoms with van der Waals surface area (Å²) in [7, 11) is 0. The summed E-state index contributed by atoms with van der Waals surface area (Å²) in [5.74, 6) is 0. The first kappa shape index (κ1) is 18.3. The van der Waals surface area contributed by atoms with Crippen LogP contribution >= 0.6 is 0 Å². The normalized spacial score (nSPS) is 11.0. The molecule has 25 heavy (non-hydrogen) atoms. The van der Waals surface area contributed by atoms with Crippen LogP contribution in [0.1, 0.15) is 26.3 Å². The number of nitrogen functional groups attached to an aromatic ring is 1. The second-order valence-corrected chi connectivity index (χ2v) is 6.55. The third-order valence-corrected chi connectivity index (χ3v) is 3.35. The molecule has 7 heteroatoms. The number of ether oxygens (including phenoxy) is 1. The minimum Gasteiger partial charge on any atom is -0.444 e. The van der Waals surface area contributed by atoms with Crippen molar-refractivity contribution in [2.24, 2.45) is 0 Å². The van der Waals surface area contributed by atoms with E-state index in [1.54, 1.807) is 39.0 Å². The summed E-state index contributed by atoms with van der Waals surface area (Å²) >= 11 is 0. The van der Waals surface area contributed by atoms with Gasteiger partial charge in [-0.25, -0.2) is 4.79 Å². The lowest BCUT2D eigenvalue weighted by molar-refractivity contribution is -0.383. The zero-order valence-corrected chi connectivity index (χ0v) is 14.4. The van der Waals surface area contributed by atoms with Crippen LogP contribution in [-0.2, 0) is 11.3 Å². The number of nitro groups is 1. The van der Waals surface area contributed by atoms with Crippen molar-refractivity contribution in [3.05, 3.63) is 58.1 Å². The second-order valence-electron chi connectivity index (χ2n) is 6.55. The Bertz CT molecular complexity index is 797. The number of nitrogens with zero attached hydrogens (tertiary/aromatic N) is 1. The molecule has 0 unspecified atom stereocenters. The molecule has 0 aromatic heterocycles. The number of anilines is 1. The van der Waals surface area contributed by atoms with Gasteiger partial charge >= 0.3 is 6.09 Å². The van der Waals surface area contributed by atoms with Gasteiger partial charge in [0.05, 0.1) is 4.92 Å². The lowest BCUT2D eigenvalue weighted by Gasteiger charge is -2.19. The van der Waals surface area contributed by atoms with E-state index in [-0.39, 0.29) is 17.9 Å². The number of nitro benzene ring substituents is 1. The molecule has 0 atom stereocenters. The van der Waals surface area contributed by atoms with Gasteiger partial charge in [-0.1, -0.05) is 30.3 Å². The molecule has 0 bridgehead atoms. The van der Waals surface area contributed by atoms with Crippen molar-refractivity contribution in [3.8, 4) is 11.1 Å². The number of nitrogens with one attached hydrogen (secondary N) is 1. The number of nitrogens with two attached hydrogens (primary N) is 1. The number of benzene rings is 2. The van der Waals surface area contributed by atoms with Crippen LogP contribution in [0.25, 0.3) is 11.1 Å². The molecule has 3 N–H and O–H groups in total. The Morgan fingerprint density at radius 3 is 2.56 bits per heavy atom. The van der Waals surface area contributed by atoms with Crippen molar-refractivity contribution < 1.29 is 14.5 Å². The molecule has 0 saturated heterocycles. The predicted octanol–water partition coefficient (Wildman–Crippen LogP) is 3.87. The van der Waals surface area contributed by atoms with E-state index in [2.05, 4.69) is 5.32 Å². The first-order valence-electron chi connectivity index (χ1n) is 7.76. The number of carbonyl (C=O) groups is 1. The number of para-hydroxylation sites is 1. The predicted molar refractivity (Wildman–Crippen MR) is 96.0 cm³/mol. The number of amides is 1. The van der Waals surface area contributed by atoms with Crippen molar-refractivity contribution in [1.82, 2.24) is 5.32 Å². The molecule has 7 nitrogen and oxygen atoms in total. The molecule has 0 aliphatic heterocycles. The fraction of sp³-hybridized carbons (Fsp3) is 0.278. The Morgan fingerprint density at radius 1 is 1.24 bits per heavy atom. The van der Waals surface area contributed by atoms with E-state index in [9.17, 15) is 14.9 Å². The molecule has 132 valence electrons. The van der Waals surface area contributed by atoms with Crippen LogP contribution in [0.3, 0.4) is 0 Å². The minimum absolute atomic E-state index is 0.116. The Balaban J connectivity index is 2.18. The van der Waals surface area contributed by atoms with E-state index in [4.69, 9.17) is 10.5 Å². The van der Waals surface area contributed by atoms with Crippen LogP contribution in [0.2, 0.25) is 0 Å². The molecule has 0 heterocycles.